The molecule has 146 valence electrons. The first-order chi connectivity index (χ1) is 15.3. The first kappa shape index (κ1) is 16.7. The molecule has 31 heavy (non-hydrogen) atoms. The highest BCUT2D eigenvalue weighted by molar-refractivity contribution is 6.16. The number of benzene rings is 3. The second kappa shape index (κ2) is 5.99. The first-order valence-electron chi connectivity index (χ1n) is 10.6. The molecule has 0 fully saturated rings. The van der Waals surface area contributed by atoms with Crippen molar-refractivity contribution in [2.24, 2.45) is 0 Å². The second-order valence-electron chi connectivity index (χ2n) is 8.15. The van der Waals surface area contributed by atoms with Crippen LogP contribution in [0, 0.1) is 0 Å². The topological polar surface area (TPSA) is 34.6 Å². The molecule has 0 spiro atoms. The smallest absolute Gasteiger partial charge is 0.309 e. The normalized spacial score (nSPS) is 14.9. The Kier molecular flexibility index (Phi) is 3.23. The molecule has 0 N–H and O–H groups in total. The van der Waals surface area contributed by atoms with Crippen LogP contribution in [-0.2, 0) is 0 Å². The predicted molar refractivity (Wildman–Crippen MR) is 123 cm³/mol. The van der Waals surface area contributed by atoms with Gasteiger partial charge in [0.25, 0.3) is 0 Å². The molecule has 4 heterocycles. The van der Waals surface area contributed by atoms with E-state index in [9.17, 15) is 0 Å². The highest BCUT2D eigenvalue weighted by Crippen LogP contribution is 2.44. The molecule has 1 atom stereocenters. The maximum absolute atomic E-state index is 4.75. The van der Waals surface area contributed by atoms with Crippen LogP contribution in [0.3, 0.4) is 0 Å². The highest BCUT2D eigenvalue weighted by Gasteiger charge is 2.35. The van der Waals surface area contributed by atoms with Crippen LogP contribution in [0.5, 0.6) is 0 Å². The largest absolute Gasteiger partial charge is 0.349 e. The average Bonchev–Trinajstić information content (AvgIpc) is 3.32. The van der Waals surface area contributed by atoms with Gasteiger partial charge in [0, 0.05) is 27.6 Å². The lowest BCUT2D eigenvalue weighted by molar-refractivity contribution is -0.671. The summed E-state index contributed by atoms with van der Waals surface area (Å²) in [5, 5.41) is 2.55. The fourth-order valence-electron chi connectivity index (χ4n) is 5.25. The molecule has 0 aliphatic carbocycles. The van der Waals surface area contributed by atoms with Gasteiger partial charge in [-0.1, -0.05) is 42.5 Å². The van der Waals surface area contributed by atoms with Crippen molar-refractivity contribution >= 4 is 33.0 Å². The van der Waals surface area contributed by atoms with Gasteiger partial charge >= 0.3 is 5.65 Å². The molecule has 0 radical (unpaired) electrons. The van der Waals surface area contributed by atoms with E-state index < -0.39 is 0 Å². The van der Waals surface area contributed by atoms with E-state index in [2.05, 4.69) is 87.8 Å². The lowest BCUT2D eigenvalue weighted by Gasteiger charge is -2.08. The van der Waals surface area contributed by atoms with E-state index in [0.717, 1.165) is 16.9 Å². The third-order valence-electron chi connectivity index (χ3n) is 6.56. The zero-order chi connectivity index (χ0) is 20.5. The zero-order valence-electron chi connectivity index (χ0n) is 17.0. The van der Waals surface area contributed by atoms with Gasteiger partial charge in [-0.05, 0) is 48.3 Å². The standard InChI is InChI=1S/C27H19N4/c1-17-19-13-14-23-26(25(19)24-16-29-21-11-7-15-28-27(21)30(17)24)20-10-5-6-12-22(20)31(23)18-8-3-2-4-9-18/h2-17H,1H3/q+1. The quantitative estimate of drug-likeness (QED) is 0.337. The summed E-state index contributed by atoms with van der Waals surface area (Å²) in [6.07, 6.45) is 3.87. The van der Waals surface area contributed by atoms with Crippen LogP contribution in [0.1, 0.15) is 18.5 Å². The number of pyridine rings is 1. The Morgan fingerprint density at radius 2 is 1.65 bits per heavy atom. The van der Waals surface area contributed by atoms with Crippen LogP contribution in [0.15, 0.2) is 91.3 Å². The summed E-state index contributed by atoms with van der Waals surface area (Å²) < 4.78 is 4.70. The molecule has 1 aliphatic heterocycles. The second-order valence-corrected chi connectivity index (χ2v) is 8.15. The molecule has 3 aromatic carbocycles. The van der Waals surface area contributed by atoms with Gasteiger partial charge in [0.1, 0.15) is 12.2 Å². The lowest BCUT2D eigenvalue weighted by Crippen LogP contribution is -2.38. The van der Waals surface area contributed by atoms with Gasteiger partial charge in [0.2, 0.25) is 0 Å². The third kappa shape index (κ3) is 2.11. The Bertz CT molecular complexity index is 1650. The van der Waals surface area contributed by atoms with Crippen molar-refractivity contribution in [2.75, 3.05) is 0 Å². The fourth-order valence-corrected chi connectivity index (χ4v) is 5.25. The monoisotopic (exact) mass is 399 g/mol. The van der Waals surface area contributed by atoms with Crippen molar-refractivity contribution in [3.63, 3.8) is 0 Å². The van der Waals surface area contributed by atoms with E-state index in [1.165, 1.54) is 38.6 Å². The van der Waals surface area contributed by atoms with Gasteiger partial charge in [0.15, 0.2) is 11.2 Å². The molecular weight excluding hydrogens is 380 g/mol. The van der Waals surface area contributed by atoms with E-state index in [4.69, 9.17) is 4.98 Å². The van der Waals surface area contributed by atoms with Crippen molar-refractivity contribution in [1.82, 2.24) is 14.5 Å². The Labute approximate surface area is 179 Å². The lowest BCUT2D eigenvalue weighted by atomic mass is 9.98. The Hall–Kier alpha value is -4.05. The first-order valence-corrected chi connectivity index (χ1v) is 10.6. The summed E-state index contributed by atoms with van der Waals surface area (Å²) in [5.74, 6) is 0. The SMILES string of the molecule is CC1c2ccc3c(c2-c2cnc4cccnc4[n+]21)c1ccccc1n3-c1ccccc1. The van der Waals surface area contributed by atoms with Crippen LogP contribution >= 0.6 is 0 Å². The minimum absolute atomic E-state index is 0.202. The molecular formula is C27H19N4+. The molecule has 1 aliphatic rings. The zero-order valence-corrected chi connectivity index (χ0v) is 17.0. The minimum atomic E-state index is 0.202. The number of hydrogen-bond donors (Lipinski definition) is 0. The number of rotatable bonds is 1. The van der Waals surface area contributed by atoms with E-state index in [1.54, 1.807) is 0 Å². The third-order valence-corrected chi connectivity index (χ3v) is 6.56. The van der Waals surface area contributed by atoms with Gasteiger partial charge < -0.3 is 4.57 Å². The van der Waals surface area contributed by atoms with Gasteiger partial charge in [-0.2, -0.15) is 0 Å². The summed E-state index contributed by atoms with van der Waals surface area (Å²) in [6, 6.07) is 28.0. The minimum Gasteiger partial charge on any atom is -0.309 e. The molecule has 4 heteroatoms. The van der Waals surface area contributed by atoms with Crippen LogP contribution in [0.4, 0.5) is 0 Å². The van der Waals surface area contributed by atoms with Crippen LogP contribution < -0.4 is 4.57 Å². The molecule has 1 unspecified atom stereocenters. The highest BCUT2D eigenvalue weighted by atomic mass is 15.1. The molecule has 0 amide bonds. The summed E-state index contributed by atoms with van der Waals surface area (Å²) in [5.41, 5.74) is 9.20. The van der Waals surface area contributed by atoms with Crippen molar-refractivity contribution < 1.29 is 4.57 Å². The summed E-state index contributed by atoms with van der Waals surface area (Å²) in [4.78, 5) is 9.42. The van der Waals surface area contributed by atoms with E-state index >= 15 is 0 Å². The Morgan fingerprint density at radius 3 is 2.55 bits per heavy atom. The Balaban J connectivity index is 1.67. The van der Waals surface area contributed by atoms with Crippen molar-refractivity contribution in [1.29, 1.82) is 0 Å². The number of nitrogens with zero attached hydrogens (tertiary/aromatic N) is 4. The molecule has 6 aromatic rings. The summed E-state index contributed by atoms with van der Waals surface area (Å²) >= 11 is 0. The average molecular weight is 399 g/mol. The predicted octanol–water partition coefficient (Wildman–Crippen LogP) is 5.60. The maximum Gasteiger partial charge on any atom is 0.349 e. The van der Waals surface area contributed by atoms with Crippen LogP contribution in [0.2, 0.25) is 0 Å². The van der Waals surface area contributed by atoms with Gasteiger partial charge in [-0.15, -0.1) is 0 Å². The fraction of sp³-hybridized carbons (Fsp3) is 0.0741. The van der Waals surface area contributed by atoms with E-state index in [1.807, 2.05) is 24.5 Å². The molecule has 7 rings (SSSR count). The van der Waals surface area contributed by atoms with Gasteiger partial charge in [-0.3, -0.25) is 0 Å². The molecule has 4 nitrogen and oxygen atoms in total. The van der Waals surface area contributed by atoms with Gasteiger partial charge in [-0.25, -0.2) is 9.55 Å². The number of hydrogen-bond acceptors (Lipinski definition) is 2. The summed E-state index contributed by atoms with van der Waals surface area (Å²) in [7, 11) is 0. The molecule has 0 saturated carbocycles. The van der Waals surface area contributed by atoms with Crippen LogP contribution in [0.25, 0.3) is 49.9 Å². The maximum atomic E-state index is 4.75. The molecule has 3 aromatic heterocycles. The van der Waals surface area contributed by atoms with E-state index in [0.29, 0.717) is 0 Å². The van der Waals surface area contributed by atoms with Crippen molar-refractivity contribution in [3.05, 3.63) is 96.8 Å². The molecule has 0 saturated heterocycles. The van der Waals surface area contributed by atoms with Crippen LogP contribution in [-0.4, -0.2) is 14.5 Å². The Morgan fingerprint density at radius 1 is 0.806 bits per heavy atom. The number of para-hydroxylation sites is 2. The summed E-state index contributed by atoms with van der Waals surface area (Å²) in [6.45, 7) is 2.26. The number of fused-ring (bicyclic) bond motifs is 9. The number of aromatic nitrogens is 4. The van der Waals surface area contributed by atoms with Gasteiger partial charge in [0.05, 0.1) is 17.2 Å². The van der Waals surface area contributed by atoms with Crippen molar-refractivity contribution in [3.8, 4) is 16.9 Å². The van der Waals surface area contributed by atoms with Crippen molar-refractivity contribution in [2.45, 2.75) is 13.0 Å². The molecule has 0 bridgehead atoms. The van der Waals surface area contributed by atoms with E-state index in [-0.39, 0.29) is 6.04 Å².